The Hall–Kier alpha value is -2.12. The number of aromatic nitrogens is 2. The lowest BCUT2D eigenvalue weighted by Crippen LogP contribution is -2.46. The minimum Gasteiger partial charge on any atom is -0.377 e. The van der Waals surface area contributed by atoms with Crippen LogP contribution in [0.1, 0.15) is 22.6 Å². The molecule has 0 radical (unpaired) electrons. The zero-order chi connectivity index (χ0) is 14.3. The van der Waals surface area contributed by atoms with E-state index in [1.165, 1.54) is 11.1 Å². The Morgan fingerprint density at radius 3 is 2.60 bits per heavy atom. The van der Waals surface area contributed by atoms with Crippen LogP contribution in [0.3, 0.4) is 0 Å². The molecule has 0 saturated carbocycles. The van der Waals surface area contributed by atoms with Crippen LogP contribution in [-0.2, 0) is 10.2 Å². The highest BCUT2D eigenvalue weighted by molar-refractivity contribution is 5.66. The van der Waals surface area contributed by atoms with E-state index in [-0.39, 0.29) is 0 Å². The molecule has 3 rings (SSSR count). The zero-order valence-corrected chi connectivity index (χ0v) is 11.9. The molecule has 4 heteroatoms. The topological polar surface area (TPSA) is 61.7 Å². The molecule has 2 aromatic rings. The molecule has 1 aromatic heterocycles. The van der Waals surface area contributed by atoms with Gasteiger partial charge in [-0.2, -0.15) is 5.26 Å². The lowest BCUT2D eigenvalue weighted by atomic mass is 9.87. The molecule has 0 atom stereocenters. The summed E-state index contributed by atoms with van der Waals surface area (Å²) >= 11 is 0. The Morgan fingerprint density at radius 2 is 2.05 bits per heavy atom. The van der Waals surface area contributed by atoms with Crippen LogP contribution >= 0.6 is 0 Å². The number of benzene rings is 1. The molecule has 0 spiro atoms. The van der Waals surface area contributed by atoms with Gasteiger partial charge in [-0.1, -0.05) is 23.8 Å². The number of nitrogens with zero attached hydrogens (tertiary/aromatic N) is 2. The van der Waals surface area contributed by atoms with E-state index in [9.17, 15) is 5.26 Å². The average Bonchev–Trinajstić information content (AvgIpc) is 2.71. The van der Waals surface area contributed by atoms with E-state index in [4.69, 9.17) is 4.74 Å². The second-order valence-corrected chi connectivity index (χ2v) is 5.56. The molecule has 1 fully saturated rings. The SMILES string of the molecule is Cc1ccc(-c2nc(C3(C#N)COC3)[nH]c2C)c(C)c1. The molecule has 1 aromatic carbocycles. The molecule has 1 aliphatic rings. The van der Waals surface area contributed by atoms with E-state index < -0.39 is 5.41 Å². The van der Waals surface area contributed by atoms with Gasteiger partial charge in [-0.25, -0.2) is 4.98 Å². The number of rotatable bonds is 2. The molecular formula is C16H17N3O. The van der Waals surface area contributed by atoms with E-state index in [0.717, 1.165) is 22.8 Å². The van der Waals surface area contributed by atoms with E-state index in [1.807, 2.05) is 6.92 Å². The lowest BCUT2D eigenvalue weighted by Gasteiger charge is -2.32. The van der Waals surface area contributed by atoms with Gasteiger partial charge in [0.05, 0.1) is 25.0 Å². The van der Waals surface area contributed by atoms with Crippen molar-refractivity contribution in [1.29, 1.82) is 5.26 Å². The highest BCUT2D eigenvalue weighted by atomic mass is 16.5. The summed E-state index contributed by atoms with van der Waals surface area (Å²) in [6.45, 7) is 7.00. The third-order valence-corrected chi connectivity index (χ3v) is 3.89. The molecule has 4 nitrogen and oxygen atoms in total. The van der Waals surface area contributed by atoms with Crippen molar-refractivity contribution < 1.29 is 4.74 Å². The summed E-state index contributed by atoms with van der Waals surface area (Å²) in [5.74, 6) is 0.721. The minimum atomic E-state index is -0.596. The van der Waals surface area contributed by atoms with Crippen molar-refractivity contribution in [3.8, 4) is 17.3 Å². The highest BCUT2D eigenvalue weighted by Gasteiger charge is 2.44. The van der Waals surface area contributed by atoms with Gasteiger partial charge in [0.15, 0.2) is 5.41 Å². The van der Waals surface area contributed by atoms with Crippen LogP contribution in [0.5, 0.6) is 0 Å². The first-order chi connectivity index (χ1) is 9.55. The molecular weight excluding hydrogens is 250 g/mol. The second-order valence-electron chi connectivity index (χ2n) is 5.56. The molecule has 1 aliphatic heterocycles. The Kier molecular flexibility index (Phi) is 2.88. The van der Waals surface area contributed by atoms with Crippen molar-refractivity contribution in [3.05, 3.63) is 40.8 Å². The predicted octanol–water partition coefficient (Wildman–Crippen LogP) is 2.79. The van der Waals surface area contributed by atoms with Crippen LogP contribution in [0, 0.1) is 32.1 Å². The first kappa shape index (κ1) is 12.9. The van der Waals surface area contributed by atoms with Crippen LogP contribution in [-0.4, -0.2) is 23.2 Å². The number of nitriles is 1. The monoisotopic (exact) mass is 267 g/mol. The van der Waals surface area contributed by atoms with Crippen LogP contribution < -0.4 is 0 Å². The van der Waals surface area contributed by atoms with Gasteiger partial charge in [0, 0.05) is 11.3 Å². The lowest BCUT2D eigenvalue weighted by molar-refractivity contribution is -0.0335. The highest BCUT2D eigenvalue weighted by Crippen LogP contribution is 2.33. The van der Waals surface area contributed by atoms with Crippen LogP contribution in [0.2, 0.25) is 0 Å². The fourth-order valence-electron chi connectivity index (χ4n) is 2.59. The third-order valence-electron chi connectivity index (χ3n) is 3.89. The summed E-state index contributed by atoms with van der Waals surface area (Å²) in [6, 6.07) is 8.65. The fraction of sp³-hybridized carbons (Fsp3) is 0.375. The van der Waals surface area contributed by atoms with Gasteiger partial charge < -0.3 is 9.72 Å². The molecule has 102 valence electrons. The standard InChI is InChI=1S/C16H17N3O/c1-10-4-5-13(11(2)6-10)14-12(3)18-15(19-14)16(7-17)8-20-9-16/h4-6H,8-9H2,1-3H3,(H,18,19). The number of ether oxygens (including phenoxy) is 1. The molecule has 0 amide bonds. The number of aryl methyl sites for hydroxylation is 3. The summed E-state index contributed by atoms with van der Waals surface area (Å²) < 4.78 is 5.20. The minimum absolute atomic E-state index is 0.419. The number of aromatic amines is 1. The Balaban J connectivity index is 2.08. The summed E-state index contributed by atoms with van der Waals surface area (Å²) in [5, 5.41) is 9.36. The number of nitrogens with one attached hydrogen (secondary N) is 1. The van der Waals surface area contributed by atoms with Crippen molar-refractivity contribution >= 4 is 0 Å². The summed E-state index contributed by atoms with van der Waals surface area (Å²) in [6.07, 6.45) is 0. The van der Waals surface area contributed by atoms with E-state index in [1.54, 1.807) is 0 Å². The Bertz CT molecular complexity index is 705. The first-order valence-electron chi connectivity index (χ1n) is 6.69. The maximum Gasteiger partial charge on any atom is 0.161 e. The van der Waals surface area contributed by atoms with Crippen molar-refractivity contribution in [2.24, 2.45) is 0 Å². The number of hydrogen-bond acceptors (Lipinski definition) is 3. The first-order valence-corrected chi connectivity index (χ1v) is 6.69. The quantitative estimate of drug-likeness (QED) is 0.910. The van der Waals surface area contributed by atoms with Crippen molar-refractivity contribution in [3.63, 3.8) is 0 Å². The van der Waals surface area contributed by atoms with E-state index in [2.05, 4.69) is 48.1 Å². The smallest absolute Gasteiger partial charge is 0.161 e. The summed E-state index contributed by atoms with van der Waals surface area (Å²) in [4.78, 5) is 7.94. The molecule has 2 heterocycles. The summed E-state index contributed by atoms with van der Waals surface area (Å²) in [7, 11) is 0. The molecule has 1 N–H and O–H groups in total. The maximum atomic E-state index is 9.36. The molecule has 1 saturated heterocycles. The van der Waals surface area contributed by atoms with Crippen LogP contribution in [0.15, 0.2) is 18.2 Å². The van der Waals surface area contributed by atoms with Gasteiger partial charge in [-0.05, 0) is 26.3 Å². The zero-order valence-electron chi connectivity index (χ0n) is 11.9. The molecule has 0 bridgehead atoms. The third kappa shape index (κ3) is 1.83. The van der Waals surface area contributed by atoms with E-state index in [0.29, 0.717) is 13.2 Å². The Morgan fingerprint density at radius 1 is 1.30 bits per heavy atom. The average molecular weight is 267 g/mol. The normalized spacial score (nSPS) is 16.5. The fourth-order valence-corrected chi connectivity index (χ4v) is 2.59. The number of H-pyrrole nitrogens is 1. The molecule has 0 unspecified atom stereocenters. The number of hydrogen-bond donors (Lipinski definition) is 1. The van der Waals surface area contributed by atoms with Crippen LogP contribution in [0.4, 0.5) is 0 Å². The van der Waals surface area contributed by atoms with Crippen molar-refractivity contribution in [1.82, 2.24) is 9.97 Å². The molecule has 20 heavy (non-hydrogen) atoms. The Labute approximate surface area is 118 Å². The van der Waals surface area contributed by atoms with E-state index >= 15 is 0 Å². The summed E-state index contributed by atoms with van der Waals surface area (Å²) in [5.41, 5.74) is 4.88. The van der Waals surface area contributed by atoms with Crippen LogP contribution in [0.25, 0.3) is 11.3 Å². The van der Waals surface area contributed by atoms with Gasteiger partial charge >= 0.3 is 0 Å². The largest absolute Gasteiger partial charge is 0.377 e. The van der Waals surface area contributed by atoms with Gasteiger partial charge in [0.1, 0.15) is 5.82 Å². The van der Waals surface area contributed by atoms with Gasteiger partial charge in [0.2, 0.25) is 0 Å². The van der Waals surface area contributed by atoms with Gasteiger partial charge in [0.25, 0.3) is 0 Å². The van der Waals surface area contributed by atoms with Gasteiger partial charge in [-0.15, -0.1) is 0 Å². The van der Waals surface area contributed by atoms with Crippen molar-refractivity contribution in [2.75, 3.05) is 13.2 Å². The molecule has 0 aliphatic carbocycles. The predicted molar refractivity (Wildman–Crippen MR) is 76.3 cm³/mol. The van der Waals surface area contributed by atoms with Gasteiger partial charge in [-0.3, -0.25) is 0 Å². The second kappa shape index (κ2) is 4.46. The van der Waals surface area contributed by atoms with Crippen molar-refractivity contribution in [2.45, 2.75) is 26.2 Å². The maximum absolute atomic E-state index is 9.36. The number of imidazole rings is 1.